The molecule has 0 saturated heterocycles. The van der Waals surface area contributed by atoms with Crippen molar-refractivity contribution in [3.8, 4) is 23.4 Å². The highest BCUT2D eigenvalue weighted by Crippen LogP contribution is 2.36. The largest absolute Gasteiger partial charge is 0.574 e. The Morgan fingerprint density at radius 2 is 1.94 bits per heavy atom. The van der Waals surface area contributed by atoms with Gasteiger partial charge >= 0.3 is 6.36 Å². The molecule has 0 aliphatic rings. The summed E-state index contributed by atoms with van der Waals surface area (Å²) in [5, 5.41) is 8.81. The van der Waals surface area contributed by atoms with Crippen LogP contribution in [-0.2, 0) is 0 Å². The lowest BCUT2D eigenvalue weighted by Crippen LogP contribution is -2.18. The monoisotopic (exact) mass is 248 g/mol. The fraction of sp³-hybridized carbons (Fsp3) is 0.333. The predicted molar refractivity (Wildman–Crippen MR) is 48.7 cm³/mol. The number of rotatable bonds is 3. The van der Waals surface area contributed by atoms with Gasteiger partial charge in [0, 0.05) is 0 Å². The van der Waals surface area contributed by atoms with Gasteiger partial charge in [0.1, 0.15) is 11.6 Å². The fourth-order valence-corrected chi connectivity index (χ4v) is 1.09. The van der Waals surface area contributed by atoms with Crippen LogP contribution in [0.4, 0.5) is 13.2 Å². The van der Waals surface area contributed by atoms with Crippen LogP contribution in [0.1, 0.15) is 5.56 Å². The van der Waals surface area contributed by atoms with E-state index in [-0.39, 0.29) is 11.3 Å². The highest BCUT2D eigenvalue weighted by molar-refractivity contribution is 5.56. The van der Waals surface area contributed by atoms with E-state index in [1.54, 1.807) is 6.07 Å². The third-order valence-electron chi connectivity index (χ3n) is 1.72. The lowest BCUT2D eigenvalue weighted by atomic mass is 10.2. The molecule has 0 amide bonds. The second-order valence-corrected chi connectivity index (χ2v) is 2.70. The average molecular weight is 248 g/mol. The Morgan fingerprint density at radius 1 is 1.29 bits per heavy atom. The lowest BCUT2D eigenvalue weighted by molar-refractivity contribution is -0.276. The minimum absolute atomic E-state index is 0.00104. The summed E-state index contributed by atoms with van der Waals surface area (Å²) < 4.78 is 49.2. The minimum Gasteiger partial charge on any atom is -0.494 e. The Labute approximate surface area is 94.3 Å². The van der Waals surface area contributed by atoms with Crippen LogP contribution in [-0.4, -0.2) is 25.6 Å². The zero-order valence-electron chi connectivity index (χ0n) is 8.83. The van der Waals surface area contributed by atoms with Gasteiger partial charge in [0.15, 0.2) is 5.75 Å². The molecule has 0 aromatic carbocycles. The number of nitrogens with zero attached hydrogens (tertiary/aromatic N) is 2. The van der Waals surface area contributed by atoms with Crippen molar-refractivity contribution in [2.45, 2.75) is 6.36 Å². The van der Waals surface area contributed by atoms with E-state index in [0.29, 0.717) is 0 Å². The molecule has 0 atom stereocenters. The van der Waals surface area contributed by atoms with Gasteiger partial charge in [-0.25, -0.2) is 4.98 Å². The van der Waals surface area contributed by atoms with E-state index < -0.39 is 18.0 Å². The number of methoxy groups -OCH3 is 2. The maximum absolute atomic E-state index is 12.0. The fourth-order valence-electron chi connectivity index (χ4n) is 1.09. The molecule has 0 fully saturated rings. The first-order valence-corrected chi connectivity index (χ1v) is 4.19. The molecule has 1 rings (SSSR count). The van der Waals surface area contributed by atoms with Crippen molar-refractivity contribution in [2.24, 2.45) is 0 Å². The Morgan fingerprint density at radius 3 is 2.35 bits per heavy atom. The summed E-state index contributed by atoms with van der Waals surface area (Å²) in [5.41, 5.74) is -0.218. The van der Waals surface area contributed by atoms with Crippen LogP contribution in [0.3, 0.4) is 0 Å². The maximum atomic E-state index is 12.0. The molecule has 0 aliphatic carbocycles. The zero-order valence-corrected chi connectivity index (χ0v) is 8.83. The normalized spacial score (nSPS) is 10.6. The van der Waals surface area contributed by atoms with Gasteiger partial charge in [0.2, 0.25) is 5.75 Å². The van der Waals surface area contributed by atoms with Crippen molar-refractivity contribution in [3.05, 3.63) is 11.8 Å². The second kappa shape index (κ2) is 4.78. The zero-order chi connectivity index (χ0) is 13.1. The van der Waals surface area contributed by atoms with Gasteiger partial charge in [-0.15, -0.1) is 13.2 Å². The quantitative estimate of drug-likeness (QED) is 0.816. The molecule has 0 N–H and O–H groups in total. The molecule has 8 heteroatoms. The molecule has 92 valence electrons. The van der Waals surface area contributed by atoms with Crippen molar-refractivity contribution >= 4 is 0 Å². The highest BCUT2D eigenvalue weighted by Gasteiger charge is 2.34. The Kier molecular flexibility index (Phi) is 3.62. The maximum Gasteiger partial charge on any atom is 0.574 e. The second-order valence-electron chi connectivity index (χ2n) is 2.70. The average Bonchev–Trinajstić information content (AvgIpc) is 2.26. The minimum atomic E-state index is -4.92. The van der Waals surface area contributed by atoms with E-state index in [4.69, 9.17) is 10.00 Å². The molecular weight excluding hydrogens is 241 g/mol. The van der Waals surface area contributed by atoms with Crippen LogP contribution in [0.25, 0.3) is 0 Å². The number of aromatic nitrogens is 1. The summed E-state index contributed by atoms with van der Waals surface area (Å²) in [5.74, 6) is -1.26. The molecular formula is C9H7F3N2O3. The van der Waals surface area contributed by atoms with Gasteiger partial charge in [-0.3, -0.25) is 0 Å². The third kappa shape index (κ3) is 2.90. The number of ether oxygens (including phenoxy) is 3. The summed E-state index contributed by atoms with van der Waals surface area (Å²) >= 11 is 0. The number of pyridine rings is 1. The van der Waals surface area contributed by atoms with E-state index in [9.17, 15) is 13.2 Å². The summed E-state index contributed by atoms with van der Waals surface area (Å²) in [4.78, 5) is 3.37. The molecule has 0 radical (unpaired) electrons. The number of hydrogen-bond acceptors (Lipinski definition) is 5. The van der Waals surface area contributed by atoms with Crippen molar-refractivity contribution in [3.63, 3.8) is 0 Å². The highest BCUT2D eigenvalue weighted by atomic mass is 19.4. The summed E-state index contributed by atoms with van der Waals surface area (Å²) in [6.45, 7) is 0. The van der Waals surface area contributed by atoms with Gasteiger partial charge in [0.25, 0.3) is 5.88 Å². The van der Waals surface area contributed by atoms with E-state index in [1.807, 2.05) is 0 Å². The summed E-state index contributed by atoms with van der Waals surface area (Å²) in [6, 6.07) is 1.65. The molecule has 0 bridgehead atoms. The van der Waals surface area contributed by atoms with Gasteiger partial charge in [-0.05, 0) is 0 Å². The molecule has 0 saturated carbocycles. The van der Waals surface area contributed by atoms with Crippen LogP contribution >= 0.6 is 0 Å². The molecule has 1 heterocycles. The first kappa shape index (κ1) is 12.9. The first-order chi connectivity index (χ1) is 7.92. The van der Waals surface area contributed by atoms with Crippen LogP contribution < -0.4 is 14.2 Å². The predicted octanol–water partition coefficient (Wildman–Crippen LogP) is 1.87. The lowest BCUT2D eigenvalue weighted by Gasteiger charge is -2.13. The topological polar surface area (TPSA) is 64.4 Å². The van der Waals surface area contributed by atoms with Crippen LogP contribution in [0.2, 0.25) is 0 Å². The number of nitriles is 1. The van der Waals surface area contributed by atoms with Gasteiger partial charge in [0.05, 0.1) is 20.4 Å². The molecule has 1 aromatic heterocycles. The Bertz CT molecular complexity index is 454. The Hall–Kier alpha value is -2.17. The molecule has 0 spiro atoms. The molecule has 1 aromatic rings. The standard InChI is InChI=1S/C9H7F3N2O3/c1-15-6-4-14-8(17-9(10,11)12)7(16-2)5(6)3-13/h4H,1-2H3. The smallest absolute Gasteiger partial charge is 0.494 e. The van der Waals surface area contributed by atoms with E-state index in [2.05, 4.69) is 14.5 Å². The van der Waals surface area contributed by atoms with Crippen molar-refractivity contribution in [1.29, 1.82) is 5.26 Å². The molecule has 5 nitrogen and oxygen atoms in total. The molecule has 17 heavy (non-hydrogen) atoms. The van der Waals surface area contributed by atoms with Crippen molar-refractivity contribution in [1.82, 2.24) is 4.98 Å². The van der Waals surface area contributed by atoms with Crippen molar-refractivity contribution < 1.29 is 27.4 Å². The summed E-state index contributed by atoms with van der Waals surface area (Å²) in [7, 11) is 2.35. The molecule has 0 unspecified atom stereocenters. The summed E-state index contributed by atoms with van der Waals surface area (Å²) in [6.07, 6.45) is -3.97. The van der Waals surface area contributed by atoms with Crippen LogP contribution in [0.15, 0.2) is 6.20 Å². The van der Waals surface area contributed by atoms with Gasteiger partial charge in [-0.2, -0.15) is 5.26 Å². The van der Waals surface area contributed by atoms with Gasteiger partial charge in [-0.1, -0.05) is 0 Å². The van der Waals surface area contributed by atoms with Crippen LogP contribution in [0.5, 0.6) is 17.4 Å². The number of alkyl halides is 3. The van der Waals surface area contributed by atoms with Crippen molar-refractivity contribution in [2.75, 3.05) is 14.2 Å². The van der Waals surface area contributed by atoms with Crippen LogP contribution in [0, 0.1) is 11.3 Å². The molecule has 0 aliphatic heterocycles. The van der Waals surface area contributed by atoms with E-state index >= 15 is 0 Å². The SMILES string of the molecule is COc1cnc(OC(F)(F)F)c(OC)c1C#N. The number of hydrogen-bond donors (Lipinski definition) is 0. The third-order valence-corrected chi connectivity index (χ3v) is 1.72. The van der Waals surface area contributed by atoms with Gasteiger partial charge < -0.3 is 14.2 Å². The Balaban J connectivity index is 3.30. The van der Waals surface area contributed by atoms with E-state index in [0.717, 1.165) is 13.3 Å². The first-order valence-electron chi connectivity index (χ1n) is 4.19. The number of halogens is 3. The van der Waals surface area contributed by atoms with E-state index in [1.165, 1.54) is 7.11 Å².